The lowest BCUT2D eigenvalue weighted by Gasteiger charge is -2.09. The van der Waals surface area contributed by atoms with E-state index < -0.39 is 0 Å². The van der Waals surface area contributed by atoms with Crippen molar-refractivity contribution in [3.8, 4) is 0 Å². The molecule has 0 radical (unpaired) electrons. The van der Waals surface area contributed by atoms with Crippen molar-refractivity contribution in [2.75, 3.05) is 5.73 Å². The third-order valence-corrected chi connectivity index (χ3v) is 2.63. The summed E-state index contributed by atoms with van der Waals surface area (Å²) in [5, 5.41) is 4.18. The van der Waals surface area contributed by atoms with Gasteiger partial charge in [0.2, 0.25) is 0 Å². The second-order valence-corrected chi connectivity index (χ2v) is 3.81. The average Bonchev–Trinajstić information content (AvgIpc) is 2.58. The van der Waals surface area contributed by atoms with Crippen LogP contribution in [0.4, 0.5) is 5.82 Å². The number of nitrogens with zero attached hydrogens (tertiary/aromatic N) is 2. The summed E-state index contributed by atoms with van der Waals surface area (Å²) in [5.41, 5.74) is 9.49. The van der Waals surface area contributed by atoms with Crippen LogP contribution >= 0.6 is 0 Å². The molecule has 15 heavy (non-hydrogen) atoms. The molecule has 78 valence electrons. The molecule has 1 heterocycles. The van der Waals surface area contributed by atoms with Crippen molar-refractivity contribution in [1.29, 1.82) is 0 Å². The Bertz CT molecular complexity index is 451. The number of aryl methyl sites for hydroxylation is 2. The average molecular weight is 201 g/mol. The maximum Gasteiger partial charge on any atom is 0.145 e. The fourth-order valence-electron chi connectivity index (χ4n) is 1.73. The predicted molar refractivity (Wildman–Crippen MR) is 61.7 cm³/mol. The van der Waals surface area contributed by atoms with Gasteiger partial charge in [0, 0.05) is 6.20 Å². The minimum Gasteiger partial charge on any atom is -0.382 e. The van der Waals surface area contributed by atoms with Gasteiger partial charge in [-0.2, -0.15) is 5.10 Å². The van der Waals surface area contributed by atoms with Gasteiger partial charge in [0.1, 0.15) is 5.82 Å². The fourth-order valence-corrected chi connectivity index (χ4v) is 1.73. The predicted octanol–water partition coefficient (Wildman–Crippen LogP) is 2.13. The van der Waals surface area contributed by atoms with E-state index in [4.69, 9.17) is 5.73 Å². The molecule has 2 rings (SSSR count). The van der Waals surface area contributed by atoms with E-state index in [-0.39, 0.29) is 0 Å². The van der Waals surface area contributed by atoms with Crippen LogP contribution in [0, 0.1) is 13.8 Å². The SMILES string of the molecule is Cc1cccc(C)c1Cn1ccc(N)n1. The van der Waals surface area contributed by atoms with Crippen LogP contribution in [-0.2, 0) is 6.54 Å². The number of benzene rings is 1. The van der Waals surface area contributed by atoms with Gasteiger partial charge in [0.05, 0.1) is 6.54 Å². The van der Waals surface area contributed by atoms with Crippen molar-refractivity contribution >= 4 is 5.82 Å². The number of hydrogen-bond donors (Lipinski definition) is 1. The first-order valence-electron chi connectivity index (χ1n) is 5.01. The Balaban J connectivity index is 2.31. The molecule has 0 atom stereocenters. The van der Waals surface area contributed by atoms with Crippen LogP contribution in [0.25, 0.3) is 0 Å². The molecule has 0 bridgehead atoms. The number of nitrogens with two attached hydrogens (primary N) is 1. The third kappa shape index (κ3) is 2.01. The molecule has 0 aliphatic carbocycles. The molecule has 0 fully saturated rings. The first-order valence-corrected chi connectivity index (χ1v) is 5.01. The van der Waals surface area contributed by atoms with E-state index in [9.17, 15) is 0 Å². The zero-order valence-corrected chi connectivity index (χ0v) is 9.07. The second-order valence-electron chi connectivity index (χ2n) is 3.81. The number of rotatable bonds is 2. The minimum atomic E-state index is 0.571. The summed E-state index contributed by atoms with van der Waals surface area (Å²) in [6.45, 7) is 5.03. The Morgan fingerprint density at radius 2 is 1.87 bits per heavy atom. The molecule has 2 N–H and O–H groups in total. The molecular weight excluding hydrogens is 186 g/mol. The van der Waals surface area contributed by atoms with Gasteiger partial charge < -0.3 is 5.73 Å². The molecule has 0 saturated carbocycles. The highest BCUT2D eigenvalue weighted by atomic mass is 15.3. The highest BCUT2D eigenvalue weighted by Crippen LogP contribution is 2.14. The van der Waals surface area contributed by atoms with Crippen molar-refractivity contribution in [3.05, 3.63) is 47.2 Å². The van der Waals surface area contributed by atoms with Crippen LogP contribution < -0.4 is 5.73 Å². The summed E-state index contributed by atoms with van der Waals surface area (Å²) in [6, 6.07) is 8.13. The van der Waals surface area contributed by atoms with E-state index in [0.29, 0.717) is 5.82 Å². The summed E-state index contributed by atoms with van der Waals surface area (Å²) in [5.74, 6) is 0.571. The standard InChI is InChI=1S/C12H15N3/c1-9-4-3-5-10(2)11(9)8-15-7-6-12(13)14-15/h3-7H,8H2,1-2H3,(H2,13,14). The lowest BCUT2D eigenvalue weighted by molar-refractivity contribution is 0.684. The maximum atomic E-state index is 5.58. The van der Waals surface area contributed by atoms with E-state index in [1.54, 1.807) is 0 Å². The number of aromatic nitrogens is 2. The van der Waals surface area contributed by atoms with E-state index in [2.05, 4.69) is 37.1 Å². The fraction of sp³-hybridized carbons (Fsp3) is 0.250. The molecule has 0 saturated heterocycles. The Hall–Kier alpha value is -1.77. The van der Waals surface area contributed by atoms with E-state index in [0.717, 1.165) is 6.54 Å². The molecule has 0 aliphatic heterocycles. The zero-order valence-electron chi connectivity index (χ0n) is 9.07. The Labute approximate surface area is 89.5 Å². The summed E-state index contributed by atoms with van der Waals surface area (Å²) in [4.78, 5) is 0. The normalized spacial score (nSPS) is 10.5. The van der Waals surface area contributed by atoms with Crippen LogP contribution in [-0.4, -0.2) is 9.78 Å². The van der Waals surface area contributed by atoms with Crippen LogP contribution in [0.5, 0.6) is 0 Å². The lowest BCUT2D eigenvalue weighted by atomic mass is 10.0. The minimum absolute atomic E-state index is 0.571. The molecule has 0 spiro atoms. The first kappa shape index (κ1) is 9.77. The molecule has 2 aromatic rings. The van der Waals surface area contributed by atoms with Crippen LogP contribution in [0.3, 0.4) is 0 Å². The van der Waals surface area contributed by atoms with Gasteiger partial charge in [-0.1, -0.05) is 18.2 Å². The highest BCUT2D eigenvalue weighted by Gasteiger charge is 2.03. The summed E-state index contributed by atoms with van der Waals surface area (Å²) < 4.78 is 1.87. The molecule has 0 aliphatic rings. The van der Waals surface area contributed by atoms with Gasteiger partial charge in [-0.25, -0.2) is 0 Å². The van der Waals surface area contributed by atoms with E-state index in [1.165, 1.54) is 16.7 Å². The van der Waals surface area contributed by atoms with E-state index in [1.807, 2.05) is 16.9 Å². The Morgan fingerprint density at radius 1 is 1.20 bits per heavy atom. The smallest absolute Gasteiger partial charge is 0.145 e. The molecule has 1 aromatic carbocycles. The van der Waals surface area contributed by atoms with Crippen molar-refractivity contribution in [2.24, 2.45) is 0 Å². The summed E-state index contributed by atoms with van der Waals surface area (Å²) in [7, 11) is 0. The molecule has 3 heteroatoms. The van der Waals surface area contributed by atoms with Gasteiger partial charge in [0.15, 0.2) is 0 Å². The van der Waals surface area contributed by atoms with Gasteiger partial charge in [0.25, 0.3) is 0 Å². The number of anilines is 1. The van der Waals surface area contributed by atoms with Gasteiger partial charge >= 0.3 is 0 Å². The third-order valence-electron chi connectivity index (χ3n) is 2.63. The van der Waals surface area contributed by atoms with Gasteiger partial charge in [-0.3, -0.25) is 4.68 Å². The van der Waals surface area contributed by atoms with Crippen molar-refractivity contribution in [2.45, 2.75) is 20.4 Å². The largest absolute Gasteiger partial charge is 0.382 e. The topological polar surface area (TPSA) is 43.8 Å². The summed E-state index contributed by atoms with van der Waals surface area (Å²) in [6.07, 6.45) is 1.90. The van der Waals surface area contributed by atoms with Crippen LogP contribution in [0.1, 0.15) is 16.7 Å². The highest BCUT2D eigenvalue weighted by molar-refractivity contribution is 5.34. The van der Waals surface area contributed by atoms with Crippen molar-refractivity contribution in [1.82, 2.24) is 9.78 Å². The lowest BCUT2D eigenvalue weighted by Crippen LogP contribution is -2.04. The quantitative estimate of drug-likeness (QED) is 0.808. The van der Waals surface area contributed by atoms with Gasteiger partial charge in [-0.05, 0) is 36.6 Å². The molecule has 0 amide bonds. The second kappa shape index (κ2) is 3.77. The van der Waals surface area contributed by atoms with Crippen LogP contribution in [0.2, 0.25) is 0 Å². The van der Waals surface area contributed by atoms with Gasteiger partial charge in [-0.15, -0.1) is 0 Å². The Morgan fingerprint density at radius 3 is 2.40 bits per heavy atom. The Kier molecular flexibility index (Phi) is 2.46. The van der Waals surface area contributed by atoms with E-state index >= 15 is 0 Å². The monoisotopic (exact) mass is 201 g/mol. The maximum absolute atomic E-state index is 5.58. The molecule has 1 aromatic heterocycles. The molecule has 3 nitrogen and oxygen atoms in total. The molecule has 0 unspecified atom stereocenters. The summed E-state index contributed by atoms with van der Waals surface area (Å²) >= 11 is 0. The first-order chi connectivity index (χ1) is 7.16. The zero-order chi connectivity index (χ0) is 10.8. The molecular formula is C12H15N3. The van der Waals surface area contributed by atoms with Crippen molar-refractivity contribution in [3.63, 3.8) is 0 Å². The number of hydrogen-bond acceptors (Lipinski definition) is 2. The number of nitrogen functional groups attached to an aromatic ring is 1. The van der Waals surface area contributed by atoms with Crippen molar-refractivity contribution < 1.29 is 0 Å². The van der Waals surface area contributed by atoms with Crippen LogP contribution in [0.15, 0.2) is 30.5 Å².